The highest BCUT2D eigenvalue weighted by Gasteiger charge is 2.11. The van der Waals surface area contributed by atoms with Crippen LogP contribution in [-0.2, 0) is 4.79 Å². The van der Waals surface area contributed by atoms with Crippen LogP contribution < -0.4 is 10.6 Å². The van der Waals surface area contributed by atoms with E-state index in [1.54, 1.807) is 12.1 Å². The summed E-state index contributed by atoms with van der Waals surface area (Å²) in [5.41, 5.74) is 0.663. The van der Waals surface area contributed by atoms with E-state index in [4.69, 9.17) is 11.6 Å². The summed E-state index contributed by atoms with van der Waals surface area (Å²) in [7, 11) is 0. The standard InChI is InChI=1S/C13H19ClN2O2/c1-9(2)16-13(18)8-15-7-12(17)10-5-3-4-6-11(10)14/h3-6,9,12,15,17H,7-8H2,1-2H3,(H,16,18). The van der Waals surface area contributed by atoms with Crippen LogP contribution in [0.1, 0.15) is 25.5 Å². The summed E-state index contributed by atoms with van der Waals surface area (Å²) in [6.45, 7) is 4.27. The summed E-state index contributed by atoms with van der Waals surface area (Å²) < 4.78 is 0. The maximum Gasteiger partial charge on any atom is 0.234 e. The van der Waals surface area contributed by atoms with Gasteiger partial charge in [-0.15, -0.1) is 0 Å². The van der Waals surface area contributed by atoms with Crippen molar-refractivity contribution in [3.8, 4) is 0 Å². The normalized spacial score (nSPS) is 12.5. The molecular formula is C13H19ClN2O2. The third kappa shape index (κ3) is 5.04. The largest absolute Gasteiger partial charge is 0.387 e. The van der Waals surface area contributed by atoms with E-state index in [9.17, 15) is 9.90 Å². The fraction of sp³-hybridized carbons (Fsp3) is 0.462. The first kappa shape index (κ1) is 15.0. The molecule has 5 heteroatoms. The van der Waals surface area contributed by atoms with Crippen LogP contribution in [-0.4, -0.2) is 30.1 Å². The van der Waals surface area contributed by atoms with Crippen molar-refractivity contribution >= 4 is 17.5 Å². The van der Waals surface area contributed by atoms with Crippen LogP contribution in [0, 0.1) is 0 Å². The number of carbonyl (C=O) groups excluding carboxylic acids is 1. The van der Waals surface area contributed by atoms with E-state index in [0.717, 1.165) is 0 Å². The molecule has 0 saturated heterocycles. The SMILES string of the molecule is CC(C)NC(=O)CNCC(O)c1ccccc1Cl. The fourth-order valence-electron chi connectivity index (χ4n) is 1.55. The minimum atomic E-state index is -0.717. The number of hydrogen-bond donors (Lipinski definition) is 3. The zero-order valence-corrected chi connectivity index (χ0v) is 11.4. The van der Waals surface area contributed by atoms with Crippen LogP contribution in [0.5, 0.6) is 0 Å². The molecule has 0 aliphatic rings. The van der Waals surface area contributed by atoms with Crippen LogP contribution in [0.15, 0.2) is 24.3 Å². The zero-order chi connectivity index (χ0) is 13.5. The van der Waals surface area contributed by atoms with Gasteiger partial charge in [0.05, 0.1) is 12.6 Å². The summed E-state index contributed by atoms with van der Waals surface area (Å²) in [5.74, 6) is -0.0867. The second-order valence-electron chi connectivity index (χ2n) is 4.39. The van der Waals surface area contributed by atoms with Crippen molar-refractivity contribution in [2.45, 2.75) is 26.0 Å². The third-order valence-corrected chi connectivity index (χ3v) is 2.68. The topological polar surface area (TPSA) is 61.4 Å². The molecule has 1 unspecified atom stereocenters. The monoisotopic (exact) mass is 270 g/mol. The molecule has 0 radical (unpaired) electrons. The van der Waals surface area contributed by atoms with Gasteiger partial charge in [0.1, 0.15) is 0 Å². The van der Waals surface area contributed by atoms with E-state index in [0.29, 0.717) is 10.6 Å². The second-order valence-corrected chi connectivity index (χ2v) is 4.80. The molecule has 0 aliphatic carbocycles. The number of benzene rings is 1. The molecular weight excluding hydrogens is 252 g/mol. The number of nitrogens with one attached hydrogen (secondary N) is 2. The summed E-state index contributed by atoms with van der Waals surface area (Å²) in [5, 5.41) is 16.1. The Kier molecular flexibility index (Phi) is 6.12. The van der Waals surface area contributed by atoms with Gasteiger partial charge in [-0.2, -0.15) is 0 Å². The van der Waals surface area contributed by atoms with Gasteiger partial charge in [-0.05, 0) is 19.9 Å². The van der Waals surface area contributed by atoms with Gasteiger partial charge >= 0.3 is 0 Å². The molecule has 18 heavy (non-hydrogen) atoms. The molecule has 1 rings (SSSR count). The van der Waals surface area contributed by atoms with Crippen LogP contribution >= 0.6 is 11.6 Å². The summed E-state index contributed by atoms with van der Waals surface area (Å²) in [6.07, 6.45) is -0.717. The molecule has 0 heterocycles. The molecule has 0 fully saturated rings. The maximum atomic E-state index is 11.4. The number of rotatable bonds is 6. The molecule has 0 bridgehead atoms. The van der Waals surface area contributed by atoms with E-state index in [-0.39, 0.29) is 25.0 Å². The van der Waals surface area contributed by atoms with Crippen molar-refractivity contribution in [1.82, 2.24) is 10.6 Å². The number of aliphatic hydroxyl groups excluding tert-OH is 1. The van der Waals surface area contributed by atoms with Crippen LogP contribution in [0.25, 0.3) is 0 Å². The Balaban J connectivity index is 2.36. The van der Waals surface area contributed by atoms with Crippen molar-refractivity contribution in [2.75, 3.05) is 13.1 Å². The predicted octanol–water partition coefficient (Wildman–Crippen LogP) is 1.49. The van der Waals surface area contributed by atoms with Gasteiger partial charge in [0.2, 0.25) is 5.91 Å². The van der Waals surface area contributed by atoms with Gasteiger partial charge in [-0.3, -0.25) is 4.79 Å². The Bertz CT molecular complexity index is 396. The Morgan fingerprint density at radius 1 is 1.39 bits per heavy atom. The van der Waals surface area contributed by atoms with E-state index < -0.39 is 6.10 Å². The average Bonchev–Trinajstić information content (AvgIpc) is 2.28. The van der Waals surface area contributed by atoms with Crippen molar-refractivity contribution in [3.05, 3.63) is 34.9 Å². The Hall–Kier alpha value is -1.10. The molecule has 1 aromatic rings. The number of halogens is 1. The van der Waals surface area contributed by atoms with Gasteiger partial charge in [-0.25, -0.2) is 0 Å². The molecule has 1 atom stereocenters. The highest BCUT2D eigenvalue weighted by molar-refractivity contribution is 6.31. The van der Waals surface area contributed by atoms with Crippen LogP contribution in [0.4, 0.5) is 0 Å². The molecule has 100 valence electrons. The Morgan fingerprint density at radius 2 is 2.06 bits per heavy atom. The van der Waals surface area contributed by atoms with Gasteiger partial charge in [0, 0.05) is 23.2 Å². The smallest absolute Gasteiger partial charge is 0.234 e. The van der Waals surface area contributed by atoms with Crippen molar-refractivity contribution in [1.29, 1.82) is 0 Å². The van der Waals surface area contributed by atoms with Crippen LogP contribution in [0.2, 0.25) is 5.02 Å². The minimum absolute atomic E-state index is 0.0867. The predicted molar refractivity (Wildman–Crippen MR) is 72.6 cm³/mol. The van der Waals surface area contributed by atoms with Gasteiger partial charge in [0.15, 0.2) is 0 Å². The molecule has 1 amide bonds. The quantitative estimate of drug-likeness (QED) is 0.734. The van der Waals surface area contributed by atoms with Gasteiger partial charge in [0.25, 0.3) is 0 Å². The minimum Gasteiger partial charge on any atom is -0.387 e. The van der Waals surface area contributed by atoms with Crippen molar-refractivity contribution in [2.24, 2.45) is 0 Å². The van der Waals surface area contributed by atoms with Crippen LogP contribution in [0.3, 0.4) is 0 Å². The van der Waals surface area contributed by atoms with Gasteiger partial charge < -0.3 is 15.7 Å². The lowest BCUT2D eigenvalue weighted by Crippen LogP contribution is -2.38. The Labute approximate surface area is 112 Å². The lowest BCUT2D eigenvalue weighted by Gasteiger charge is -2.14. The van der Waals surface area contributed by atoms with E-state index in [2.05, 4.69) is 10.6 Å². The molecule has 1 aromatic carbocycles. The molecule has 3 N–H and O–H groups in total. The molecule has 0 spiro atoms. The zero-order valence-electron chi connectivity index (χ0n) is 10.6. The van der Waals surface area contributed by atoms with Crippen molar-refractivity contribution in [3.63, 3.8) is 0 Å². The maximum absolute atomic E-state index is 11.4. The first-order valence-electron chi connectivity index (χ1n) is 5.93. The molecule has 0 aliphatic heterocycles. The molecule has 0 aromatic heterocycles. The molecule has 0 saturated carbocycles. The molecule has 4 nitrogen and oxygen atoms in total. The van der Waals surface area contributed by atoms with Crippen molar-refractivity contribution < 1.29 is 9.90 Å². The first-order chi connectivity index (χ1) is 8.50. The van der Waals surface area contributed by atoms with E-state index >= 15 is 0 Å². The second kappa shape index (κ2) is 7.36. The van der Waals surface area contributed by atoms with Gasteiger partial charge in [-0.1, -0.05) is 29.8 Å². The summed E-state index contributed by atoms with van der Waals surface area (Å²) in [4.78, 5) is 11.4. The highest BCUT2D eigenvalue weighted by atomic mass is 35.5. The lowest BCUT2D eigenvalue weighted by atomic mass is 10.1. The average molecular weight is 271 g/mol. The summed E-state index contributed by atoms with van der Waals surface area (Å²) >= 11 is 5.96. The lowest BCUT2D eigenvalue weighted by molar-refractivity contribution is -0.120. The third-order valence-electron chi connectivity index (χ3n) is 2.34. The fourth-order valence-corrected chi connectivity index (χ4v) is 1.81. The van der Waals surface area contributed by atoms with E-state index in [1.807, 2.05) is 26.0 Å². The Morgan fingerprint density at radius 3 is 2.67 bits per heavy atom. The number of carbonyl (C=O) groups is 1. The number of hydrogen-bond acceptors (Lipinski definition) is 3. The van der Waals surface area contributed by atoms with E-state index in [1.165, 1.54) is 0 Å². The number of aliphatic hydroxyl groups is 1. The first-order valence-corrected chi connectivity index (χ1v) is 6.31. The summed E-state index contributed by atoms with van der Waals surface area (Å²) in [6, 6.07) is 7.24. The highest BCUT2D eigenvalue weighted by Crippen LogP contribution is 2.21. The number of amides is 1.